The van der Waals surface area contributed by atoms with Crippen LogP contribution in [0.3, 0.4) is 0 Å². The maximum Gasteiger partial charge on any atom is 0.323 e. The summed E-state index contributed by atoms with van der Waals surface area (Å²) in [5.74, 6) is -9.27. The number of H-pyrrole nitrogens is 1. The van der Waals surface area contributed by atoms with E-state index in [9.17, 15) is 63.3 Å². The number of carbonyl (C=O) groups excluding carboxylic acids is 9. The molecule has 0 bridgehead atoms. The van der Waals surface area contributed by atoms with Gasteiger partial charge < -0.3 is 90.3 Å². The van der Waals surface area contributed by atoms with Gasteiger partial charge in [0.25, 0.3) is 0 Å². The number of imidazole rings is 1. The van der Waals surface area contributed by atoms with Gasteiger partial charge in [-0.05, 0) is 58.3 Å². The summed E-state index contributed by atoms with van der Waals surface area (Å²) in [6.07, 6.45) is 5.29. The molecule has 29 heteroatoms. The molecule has 0 saturated heterocycles. The average Bonchev–Trinajstić information content (AvgIpc) is 3.91. The Morgan fingerprint density at radius 1 is 0.756 bits per heavy atom. The van der Waals surface area contributed by atoms with Crippen molar-refractivity contribution in [1.82, 2.24) is 57.0 Å². The van der Waals surface area contributed by atoms with Gasteiger partial charge in [0.1, 0.15) is 42.8 Å². The molecule has 9 amide bonds. The molecule has 0 radical (unpaired) electrons. The van der Waals surface area contributed by atoms with E-state index in [0.717, 1.165) is 48.8 Å². The number of rotatable bonds is 35. The average molecular weight is 1110 g/mol. The van der Waals surface area contributed by atoms with Gasteiger partial charge in [0.2, 0.25) is 53.2 Å². The molecule has 0 aromatic carbocycles. The monoisotopic (exact) mass is 1110 g/mol. The lowest BCUT2D eigenvalue weighted by atomic mass is 9.84. The number of nitrogens with zero attached hydrogens (tertiary/aromatic N) is 4. The zero-order valence-corrected chi connectivity index (χ0v) is 45.8. The number of aromatic nitrogens is 2. The third-order valence-corrected chi connectivity index (χ3v) is 13.1. The Hall–Kier alpha value is -6.98. The third kappa shape index (κ3) is 23.7. The predicted octanol–water partition coefficient (Wildman–Crippen LogP) is -4.73. The first-order chi connectivity index (χ1) is 36.8. The van der Waals surface area contributed by atoms with E-state index >= 15 is 0 Å². The Kier molecular flexibility index (Phi) is 29.9. The maximum absolute atomic E-state index is 14.3. The minimum Gasteiger partial charge on any atom is -0.480 e. The molecule has 440 valence electrons. The number of carboxylic acids is 1. The number of nitrogens with two attached hydrogens (primary N) is 4. The molecular weight excluding hydrogens is 1020 g/mol. The lowest BCUT2D eigenvalue weighted by Gasteiger charge is -2.31. The molecule has 1 unspecified atom stereocenters. The molecule has 1 aromatic rings. The number of carboxylic acid groups (broad SMARTS) is 1. The van der Waals surface area contributed by atoms with Gasteiger partial charge in [-0.2, -0.15) is 0 Å². The van der Waals surface area contributed by atoms with E-state index in [4.69, 9.17) is 22.9 Å². The molecule has 1 aromatic heterocycles. The van der Waals surface area contributed by atoms with Crippen molar-refractivity contribution in [2.24, 2.45) is 39.8 Å². The van der Waals surface area contributed by atoms with Crippen LogP contribution in [0.15, 0.2) is 17.5 Å². The normalized spacial score (nSPS) is 16.3. The Balaban J connectivity index is 2.26. The highest BCUT2D eigenvalue weighted by molar-refractivity contribution is 5.98. The molecule has 1 saturated carbocycles. The maximum atomic E-state index is 14.3. The van der Waals surface area contributed by atoms with E-state index in [1.54, 1.807) is 20.8 Å². The SMILES string of the molecule is CCCN(CC(=O)O)C(=O)[C@@H](NC(=O)CN(CCN)C(=O)CNC(=O)[C@@H](NC(=O)[C@@H](NC(=O)[C@H](Cc1cnc[nH]1)NC(=O)[C@H](CC1CCCCC1)NC(=O)[C@H](C)NC(=O)[C@@H](N)CCCN=C(N)N)[C@@H](C)O)[C@@H](C)O)C(C)CC. The van der Waals surface area contributed by atoms with Gasteiger partial charge in [-0.1, -0.05) is 59.3 Å². The zero-order chi connectivity index (χ0) is 58.6. The number of hydrogen-bond donors (Lipinski definition) is 15. The van der Waals surface area contributed by atoms with Crippen molar-refractivity contribution in [1.29, 1.82) is 0 Å². The molecule has 10 atom stereocenters. The van der Waals surface area contributed by atoms with Crippen molar-refractivity contribution in [2.45, 2.75) is 167 Å². The summed E-state index contributed by atoms with van der Waals surface area (Å²) in [4.78, 5) is 147. The van der Waals surface area contributed by atoms with Crippen molar-refractivity contribution in [3.05, 3.63) is 18.2 Å². The van der Waals surface area contributed by atoms with Crippen molar-refractivity contribution in [2.75, 3.05) is 45.8 Å². The van der Waals surface area contributed by atoms with E-state index in [1.165, 1.54) is 26.4 Å². The van der Waals surface area contributed by atoms with Crippen LogP contribution in [0.1, 0.15) is 111 Å². The molecule has 1 fully saturated rings. The number of aliphatic hydroxyl groups excluding tert-OH is 2. The fourth-order valence-electron chi connectivity index (χ4n) is 8.53. The van der Waals surface area contributed by atoms with Gasteiger partial charge in [-0.3, -0.25) is 52.9 Å². The molecule has 1 aliphatic carbocycles. The van der Waals surface area contributed by atoms with E-state index in [1.807, 2.05) is 0 Å². The van der Waals surface area contributed by atoms with Gasteiger partial charge in [-0.25, -0.2) is 4.98 Å². The summed E-state index contributed by atoms with van der Waals surface area (Å²) >= 11 is 0. The first kappa shape index (κ1) is 67.1. The second-order valence-electron chi connectivity index (χ2n) is 19.8. The minimum absolute atomic E-state index is 0.0251. The molecular formula is C49H86N16O13. The minimum atomic E-state index is -1.81. The summed E-state index contributed by atoms with van der Waals surface area (Å²) in [5.41, 5.74) is 22.8. The summed E-state index contributed by atoms with van der Waals surface area (Å²) in [5, 5.41) is 48.4. The fraction of sp³-hybridized carbons (Fsp3) is 0.714. The molecule has 2 rings (SSSR count). The first-order valence-corrected chi connectivity index (χ1v) is 26.5. The van der Waals surface area contributed by atoms with Crippen LogP contribution in [0.2, 0.25) is 0 Å². The van der Waals surface area contributed by atoms with Crippen LogP contribution in [0.25, 0.3) is 0 Å². The standard InChI is InChI=1S/C49H86N16O13/c1-7-18-65(25-38(70)71)48(78)39(27(3)8-2)61-36(68)24-64(19-16-50)37(69)23-56-46(76)40(29(5)66)63-47(77)41(30(6)67)62-45(75)35(21-32-22-54-26-57-32)60-44(74)34(20-31-13-10-9-11-14-31)59-42(72)28(4)58-43(73)33(51)15-12-17-55-49(52)53/h22,26-31,33-35,39-41,66-67H,7-21,23-25,50-51H2,1-6H3,(H,54,57)(H,56,76)(H,58,73)(H,59,72)(H,60,74)(H,61,68)(H,62,75)(H,63,77)(H,70,71)(H4,52,53,55)/t27?,28-,29+,30+,33-,34-,35-,39-,40-,41-/m0/s1. The number of nitrogens with one attached hydrogen (secondary N) is 8. The summed E-state index contributed by atoms with van der Waals surface area (Å²) < 4.78 is 0. The van der Waals surface area contributed by atoms with Crippen molar-refractivity contribution in [3.8, 4) is 0 Å². The van der Waals surface area contributed by atoms with Crippen molar-refractivity contribution < 1.29 is 63.3 Å². The van der Waals surface area contributed by atoms with Crippen LogP contribution >= 0.6 is 0 Å². The fourth-order valence-corrected chi connectivity index (χ4v) is 8.53. The summed E-state index contributed by atoms with van der Waals surface area (Å²) in [7, 11) is 0. The van der Waals surface area contributed by atoms with Crippen LogP contribution in [-0.2, 0) is 54.4 Å². The highest BCUT2D eigenvalue weighted by Crippen LogP contribution is 2.27. The number of aliphatic carboxylic acids is 1. The number of guanidine groups is 1. The largest absolute Gasteiger partial charge is 0.480 e. The molecule has 78 heavy (non-hydrogen) atoms. The van der Waals surface area contributed by atoms with Gasteiger partial charge in [-0.15, -0.1) is 0 Å². The lowest BCUT2D eigenvalue weighted by molar-refractivity contribution is -0.147. The Morgan fingerprint density at radius 2 is 1.37 bits per heavy atom. The van der Waals surface area contributed by atoms with E-state index in [0.29, 0.717) is 25.0 Å². The van der Waals surface area contributed by atoms with Gasteiger partial charge in [0.15, 0.2) is 5.96 Å². The van der Waals surface area contributed by atoms with Crippen LogP contribution in [0, 0.1) is 11.8 Å². The lowest BCUT2D eigenvalue weighted by Crippen LogP contribution is -2.62. The van der Waals surface area contributed by atoms with Crippen LogP contribution in [0.4, 0.5) is 0 Å². The molecule has 1 aliphatic rings. The van der Waals surface area contributed by atoms with Gasteiger partial charge in [0.05, 0.1) is 37.7 Å². The number of carbonyl (C=O) groups is 10. The molecule has 0 spiro atoms. The number of aromatic amines is 1. The summed E-state index contributed by atoms with van der Waals surface area (Å²) in [6.45, 7) is 7.11. The second kappa shape index (κ2) is 34.7. The van der Waals surface area contributed by atoms with Crippen molar-refractivity contribution >= 4 is 65.1 Å². The number of amides is 9. The number of aliphatic hydroxyl groups is 2. The van der Waals surface area contributed by atoms with Crippen LogP contribution < -0.4 is 60.2 Å². The van der Waals surface area contributed by atoms with Crippen molar-refractivity contribution in [3.63, 3.8) is 0 Å². The first-order valence-electron chi connectivity index (χ1n) is 26.5. The Bertz CT molecular complexity index is 2150. The Labute approximate surface area is 454 Å². The highest BCUT2D eigenvalue weighted by atomic mass is 16.4. The highest BCUT2D eigenvalue weighted by Gasteiger charge is 2.37. The smallest absolute Gasteiger partial charge is 0.323 e. The second-order valence-corrected chi connectivity index (χ2v) is 19.8. The van der Waals surface area contributed by atoms with E-state index in [-0.39, 0.29) is 57.3 Å². The number of aliphatic imine (C=N–C) groups is 1. The topological polar surface area (TPSA) is 467 Å². The number of hydrogen-bond acceptors (Lipinski definition) is 16. The molecule has 0 aliphatic heterocycles. The predicted molar refractivity (Wildman–Crippen MR) is 285 cm³/mol. The quantitative estimate of drug-likeness (QED) is 0.0172. The Morgan fingerprint density at radius 3 is 1.94 bits per heavy atom. The van der Waals surface area contributed by atoms with Crippen LogP contribution in [-0.4, -0.2) is 200 Å². The van der Waals surface area contributed by atoms with Gasteiger partial charge in [0, 0.05) is 44.5 Å². The summed E-state index contributed by atoms with van der Waals surface area (Å²) in [6, 6.07) is -9.52. The van der Waals surface area contributed by atoms with E-state index < -0.39 is 139 Å². The zero-order valence-electron chi connectivity index (χ0n) is 45.8. The van der Waals surface area contributed by atoms with Crippen LogP contribution in [0.5, 0.6) is 0 Å². The third-order valence-electron chi connectivity index (χ3n) is 13.1. The van der Waals surface area contributed by atoms with Gasteiger partial charge >= 0.3 is 5.97 Å². The molecule has 19 N–H and O–H groups in total. The van der Waals surface area contributed by atoms with E-state index in [2.05, 4.69) is 52.2 Å². The molecule has 1 heterocycles. The molecule has 29 nitrogen and oxygen atoms in total.